The van der Waals surface area contributed by atoms with Crippen LogP contribution in [0.2, 0.25) is 0 Å². The van der Waals surface area contributed by atoms with Gasteiger partial charge in [-0.15, -0.1) is 13.3 Å². The Kier molecular flexibility index (Phi) is 11.6. The fourth-order valence-corrected chi connectivity index (χ4v) is 8.36. The maximum Gasteiger partial charge on any atom is 2.00 e. The molecular weight excluding hydrogens is 900 g/mol. The van der Waals surface area contributed by atoms with Gasteiger partial charge in [0.2, 0.25) is 0 Å². The van der Waals surface area contributed by atoms with E-state index in [0.717, 1.165) is 34.1 Å². The van der Waals surface area contributed by atoms with Crippen molar-refractivity contribution in [1.29, 1.82) is 0 Å². The van der Waals surface area contributed by atoms with Crippen molar-refractivity contribution in [2.24, 2.45) is 0 Å². The van der Waals surface area contributed by atoms with Crippen LogP contribution in [0.1, 0.15) is 101 Å². The summed E-state index contributed by atoms with van der Waals surface area (Å²) in [6, 6.07) is 32.9. The predicted octanol–water partition coefficient (Wildman–Crippen LogP) is 12.5. The number of aromatic nitrogens is 2. The van der Waals surface area contributed by atoms with Crippen LogP contribution in [0.15, 0.2) is 109 Å². The zero-order valence-corrected chi connectivity index (χ0v) is 36.7. The van der Waals surface area contributed by atoms with Crippen LogP contribution < -0.4 is 19.6 Å². The number of phenols is 2. The summed E-state index contributed by atoms with van der Waals surface area (Å²) in [5.41, 5.74) is 12.8. The second-order valence-electron chi connectivity index (χ2n) is 16.4. The minimum Gasteiger partial charge on any atom is -0.506 e. The molecule has 6 aromatic rings. The monoisotopic (exact) mass is 951 g/mol. The fourth-order valence-electron chi connectivity index (χ4n) is 8.36. The molecule has 9 heteroatoms. The van der Waals surface area contributed by atoms with E-state index in [0.29, 0.717) is 41.7 Å². The van der Waals surface area contributed by atoms with Gasteiger partial charge in [-0.3, -0.25) is 0 Å². The molecule has 0 spiro atoms. The van der Waals surface area contributed by atoms with Crippen molar-refractivity contribution in [3.63, 3.8) is 0 Å². The molecule has 4 aromatic carbocycles. The van der Waals surface area contributed by atoms with Gasteiger partial charge in [-0.25, -0.2) is 9.97 Å². The van der Waals surface area contributed by atoms with E-state index in [4.69, 9.17) is 9.97 Å². The third-order valence-electron chi connectivity index (χ3n) is 11.2. The van der Waals surface area contributed by atoms with Crippen LogP contribution in [0.3, 0.4) is 0 Å². The number of aromatic hydroxyl groups is 2. The zero-order chi connectivity index (χ0) is 40.1. The average molecular weight is 952 g/mol. The summed E-state index contributed by atoms with van der Waals surface area (Å²) in [6.45, 7) is 22.3. The van der Waals surface area contributed by atoms with Crippen LogP contribution in [-0.2, 0) is 21.1 Å². The topological polar surface area (TPSA) is 79.2 Å². The Morgan fingerprint density at radius 1 is 0.483 bits per heavy atom. The number of hydrogen-bond acceptors (Lipinski definition) is 8. The van der Waals surface area contributed by atoms with Gasteiger partial charge < -0.3 is 29.8 Å². The molecule has 2 N–H and O–H groups in total. The Hall–Kier alpha value is -5.33. The number of nitrogens with zero attached hydrogens (tertiary/aromatic N) is 6. The molecule has 4 heterocycles. The van der Waals surface area contributed by atoms with Gasteiger partial charge >= 0.3 is 21.1 Å². The van der Waals surface area contributed by atoms with E-state index in [2.05, 4.69) is 126 Å². The molecule has 0 atom stereocenters. The predicted molar refractivity (Wildman–Crippen MR) is 235 cm³/mol. The van der Waals surface area contributed by atoms with Crippen molar-refractivity contribution in [3.8, 4) is 33.8 Å². The van der Waals surface area contributed by atoms with Gasteiger partial charge in [-0.2, -0.15) is 0 Å². The van der Waals surface area contributed by atoms with Crippen LogP contribution in [-0.4, -0.2) is 26.8 Å². The van der Waals surface area contributed by atoms with Gasteiger partial charge in [0.15, 0.2) is 0 Å². The molecule has 0 fully saturated rings. The summed E-state index contributed by atoms with van der Waals surface area (Å²) in [5, 5.41) is 22.9. The normalized spacial score (nSPS) is 13.6. The van der Waals surface area contributed by atoms with Crippen molar-refractivity contribution in [1.82, 2.24) is 9.97 Å². The van der Waals surface area contributed by atoms with Gasteiger partial charge in [0.25, 0.3) is 0 Å². The molecule has 0 bridgehead atoms. The molecule has 8 nitrogen and oxygen atoms in total. The van der Waals surface area contributed by atoms with Gasteiger partial charge in [-0.1, -0.05) is 104 Å². The molecular formula is C49H52N6O2Pt. The second kappa shape index (κ2) is 16.5. The molecule has 0 saturated carbocycles. The molecule has 2 aliphatic rings. The van der Waals surface area contributed by atoms with Gasteiger partial charge in [-0.05, 0) is 117 Å². The van der Waals surface area contributed by atoms with Crippen LogP contribution in [0.25, 0.3) is 22.3 Å². The summed E-state index contributed by atoms with van der Waals surface area (Å²) in [6.07, 6.45) is 3.58. The Morgan fingerprint density at radius 3 is 1.19 bits per heavy atom. The van der Waals surface area contributed by atoms with Crippen LogP contribution in [0, 0.1) is 13.3 Å². The van der Waals surface area contributed by atoms with Crippen molar-refractivity contribution < 1.29 is 31.3 Å². The standard InChI is InChI=1S/C49H52N6O2.Pt/c1-30(2)36-13-9-14-37(31(3)4)46(36)34-19-21-44(56)42(25-34)54-28-52(40-17-11-23-50-48(40)54)27-53-29-55(49-41(53)18-12-24-51-49)43-26-35(20-22-45(43)57)47-38(32(5)6)15-10-16-39(47)33(7)8;/h9-26,28-33,56-57H,27H2,1-8H3;/q-2;+2. The molecule has 0 saturated heterocycles. The summed E-state index contributed by atoms with van der Waals surface area (Å²) in [5.74, 6) is 3.12. The number of hydrogen-bond donors (Lipinski definition) is 2. The number of rotatable bonds is 10. The SMILES string of the molecule is CC(C)c1cccc(C(C)C)c1-c1ccc(O)c(N2[CH-]N(CN3[CH-]N(c4cc(-c5c(C(C)C)cccc5C(C)C)ccc4O)c4ncccc43)c3cccnc32)c1.[Pt+2]. The number of benzene rings is 4. The fraction of sp³-hybridized carbons (Fsp3) is 0.265. The third kappa shape index (κ3) is 7.32. The molecule has 0 amide bonds. The first-order chi connectivity index (χ1) is 27.4. The van der Waals surface area contributed by atoms with Crippen LogP contribution in [0.5, 0.6) is 11.5 Å². The Morgan fingerprint density at radius 2 is 0.845 bits per heavy atom. The Balaban J connectivity index is 0.00000512. The second-order valence-corrected chi connectivity index (χ2v) is 16.4. The van der Waals surface area contributed by atoms with Gasteiger partial charge in [0.05, 0.1) is 22.7 Å². The Labute approximate surface area is 358 Å². The average Bonchev–Trinajstić information content (AvgIpc) is 3.76. The first-order valence-corrected chi connectivity index (χ1v) is 20.1. The maximum absolute atomic E-state index is 11.4. The number of pyridine rings is 2. The van der Waals surface area contributed by atoms with Crippen molar-refractivity contribution >= 4 is 34.4 Å². The molecule has 0 unspecified atom stereocenters. The first kappa shape index (κ1) is 40.8. The van der Waals surface area contributed by atoms with E-state index < -0.39 is 0 Å². The van der Waals surface area contributed by atoms with Crippen molar-refractivity contribution in [2.45, 2.75) is 79.1 Å². The smallest absolute Gasteiger partial charge is 0.506 e. The summed E-state index contributed by atoms with van der Waals surface area (Å²) in [4.78, 5) is 17.9. The molecule has 58 heavy (non-hydrogen) atoms. The number of anilines is 6. The molecule has 300 valence electrons. The van der Waals surface area contributed by atoms with E-state index in [1.54, 1.807) is 24.5 Å². The van der Waals surface area contributed by atoms with Crippen molar-refractivity contribution in [3.05, 3.63) is 145 Å². The minimum atomic E-state index is 0. The van der Waals surface area contributed by atoms with Crippen molar-refractivity contribution in [2.75, 3.05) is 26.3 Å². The first-order valence-electron chi connectivity index (χ1n) is 20.1. The summed E-state index contributed by atoms with van der Waals surface area (Å²) >= 11 is 0. The maximum atomic E-state index is 11.4. The summed E-state index contributed by atoms with van der Waals surface area (Å²) in [7, 11) is 0. The molecule has 0 aliphatic carbocycles. The van der Waals surface area contributed by atoms with Gasteiger partial charge in [0.1, 0.15) is 23.1 Å². The molecule has 0 radical (unpaired) electrons. The Bertz CT molecular complexity index is 2220. The summed E-state index contributed by atoms with van der Waals surface area (Å²) < 4.78 is 0. The molecule has 2 aromatic heterocycles. The molecule has 2 aliphatic heterocycles. The van der Waals surface area contributed by atoms with E-state index in [1.165, 1.54) is 33.4 Å². The van der Waals surface area contributed by atoms with Crippen LogP contribution in [0.4, 0.5) is 34.4 Å². The van der Waals surface area contributed by atoms with E-state index in [9.17, 15) is 10.2 Å². The minimum absolute atomic E-state index is 0. The van der Waals surface area contributed by atoms with E-state index in [-0.39, 0.29) is 32.6 Å². The van der Waals surface area contributed by atoms with Gasteiger partial charge in [0, 0.05) is 19.1 Å². The van der Waals surface area contributed by atoms with E-state index >= 15 is 0 Å². The zero-order valence-electron chi connectivity index (χ0n) is 34.5. The largest absolute Gasteiger partial charge is 2.00 e. The third-order valence-corrected chi connectivity index (χ3v) is 11.2. The van der Waals surface area contributed by atoms with Crippen LogP contribution >= 0.6 is 0 Å². The number of fused-ring (bicyclic) bond motifs is 2. The van der Waals surface area contributed by atoms with E-state index in [1.807, 2.05) is 47.4 Å². The number of phenolic OH excluding ortho intramolecular Hbond substituents is 2. The quantitative estimate of drug-likeness (QED) is 0.132. The molecule has 8 rings (SSSR count).